The van der Waals surface area contributed by atoms with E-state index in [1.807, 2.05) is 0 Å². The van der Waals surface area contributed by atoms with Gasteiger partial charge in [0.25, 0.3) is 0 Å². The van der Waals surface area contributed by atoms with Gasteiger partial charge in [0.15, 0.2) is 11.5 Å². The van der Waals surface area contributed by atoms with Gasteiger partial charge in [-0.05, 0) is 49.2 Å². The molecule has 2 aromatic rings. The zero-order chi connectivity index (χ0) is 20.4. The number of nitrogens with one attached hydrogen (secondary N) is 1. The van der Waals surface area contributed by atoms with E-state index in [-0.39, 0.29) is 24.0 Å². The molecule has 0 bridgehead atoms. The number of carbonyl (C=O) groups is 1. The number of hydrogen-bond acceptors (Lipinski definition) is 5. The van der Waals surface area contributed by atoms with E-state index < -0.39 is 21.9 Å². The van der Waals surface area contributed by atoms with Crippen LogP contribution in [0.5, 0.6) is 11.5 Å². The fraction of sp³-hybridized carbons (Fsp3) is 0.350. The van der Waals surface area contributed by atoms with Crippen molar-refractivity contribution in [3.63, 3.8) is 0 Å². The summed E-state index contributed by atoms with van der Waals surface area (Å²) in [4.78, 5) is 12.6. The number of hydrogen-bond donors (Lipinski definition) is 1. The number of benzene rings is 2. The number of fused-ring (bicyclic) bond motifs is 1. The standard InChI is InChI=1S/C20H21FN2O5S/c21-14-4-7-17(8-5-14)29(25,26)23-10-2-1-3-16(23)12-20(24)22-15-6-9-18-19(11-15)28-13-27-18/h4-9,11,16H,1-3,10,12-13H2,(H,22,24)/t16-/m1/s1. The molecule has 4 rings (SSSR count). The highest BCUT2D eigenvalue weighted by Gasteiger charge is 2.34. The van der Waals surface area contributed by atoms with Crippen LogP contribution >= 0.6 is 0 Å². The van der Waals surface area contributed by atoms with Crippen molar-refractivity contribution < 1.29 is 27.1 Å². The molecule has 1 atom stereocenters. The van der Waals surface area contributed by atoms with Crippen molar-refractivity contribution in [2.24, 2.45) is 0 Å². The Balaban J connectivity index is 1.47. The molecule has 1 saturated heterocycles. The van der Waals surface area contributed by atoms with Crippen molar-refractivity contribution >= 4 is 21.6 Å². The zero-order valence-electron chi connectivity index (χ0n) is 15.6. The minimum Gasteiger partial charge on any atom is -0.454 e. The van der Waals surface area contributed by atoms with Crippen LogP contribution < -0.4 is 14.8 Å². The fourth-order valence-corrected chi connectivity index (χ4v) is 5.33. The van der Waals surface area contributed by atoms with Crippen LogP contribution in [0.15, 0.2) is 47.4 Å². The topological polar surface area (TPSA) is 84.9 Å². The summed E-state index contributed by atoms with van der Waals surface area (Å²) in [6.45, 7) is 0.479. The Bertz CT molecular complexity index is 1010. The summed E-state index contributed by atoms with van der Waals surface area (Å²) >= 11 is 0. The average Bonchev–Trinajstić information content (AvgIpc) is 3.16. The van der Waals surface area contributed by atoms with E-state index in [4.69, 9.17) is 9.47 Å². The molecular weight excluding hydrogens is 399 g/mol. The molecule has 2 aromatic carbocycles. The third-order valence-electron chi connectivity index (χ3n) is 5.07. The van der Waals surface area contributed by atoms with Crippen molar-refractivity contribution in [3.05, 3.63) is 48.3 Å². The SMILES string of the molecule is O=C(C[C@H]1CCCCN1S(=O)(=O)c1ccc(F)cc1)Nc1ccc2c(c1)OCO2. The molecule has 0 saturated carbocycles. The fourth-order valence-electron chi connectivity index (χ4n) is 3.64. The molecule has 2 aliphatic rings. The lowest BCUT2D eigenvalue weighted by Gasteiger charge is -2.34. The molecule has 1 fully saturated rings. The van der Waals surface area contributed by atoms with Gasteiger partial charge in [0.1, 0.15) is 5.82 Å². The minimum atomic E-state index is -3.80. The van der Waals surface area contributed by atoms with E-state index in [1.165, 1.54) is 16.4 Å². The molecule has 2 aliphatic heterocycles. The lowest BCUT2D eigenvalue weighted by atomic mass is 10.0. The predicted molar refractivity (Wildman–Crippen MR) is 104 cm³/mol. The Hall–Kier alpha value is -2.65. The van der Waals surface area contributed by atoms with Gasteiger partial charge < -0.3 is 14.8 Å². The monoisotopic (exact) mass is 420 g/mol. The first-order valence-electron chi connectivity index (χ1n) is 9.40. The third kappa shape index (κ3) is 4.20. The molecule has 7 nitrogen and oxygen atoms in total. The highest BCUT2D eigenvalue weighted by Crippen LogP contribution is 2.34. The van der Waals surface area contributed by atoms with Crippen molar-refractivity contribution in [3.8, 4) is 11.5 Å². The average molecular weight is 420 g/mol. The summed E-state index contributed by atoms with van der Waals surface area (Å²) in [5.41, 5.74) is 0.558. The summed E-state index contributed by atoms with van der Waals surface area (Å²) in [6.07, 6.45) is 2.20. The molecule has 154 valence electrons. The number of rotatable bonds is 5. The zero-order valence-corrected chi connectivity index (χ0v) is 16.5. The quantitative estimate of drug-likeness (QED) is 0.803. The minimum absolute atomic E-state index is 0.0296. The molecule has 0 unspecified atom stereocenters. The largest absolute Gasteiger partial charge is 0.454 e. The predicted octanol–water partition coefficient (Wildman–Crippen LogP) is 3.13. The van der Waals surface area contributed by atoms with E-state index in [9.17, 15) is 17.6 Å². The van der Waals surface area contributed by atoms with Crippen molar-refractivity contribution in [1.82, 2.24) is 4.31 Å². The van der Waals surface area contributed by atoms with Crippen LogP contribution in [0, 0.1) is 5.82 Å². The Morgan fingerprint density at radius 1 is 1.10 bits per heavy atom. The Morgan fingerprint density at radius 2 is 1.86 bits per heavy atom. The summed E-state index contributed by atoms with van der Waals surface area (Å²) in [5.74, 6) is 0.394. The van der Waals surface area contributed by atoms with Gasteiger partial charge in [-0.1, -0.05) is 6.42 Å². The molecule has 1 N–H and O–H groups in total. The number of sulfonamides is 1. The summed E-state index contributed by atoms with van der Waals surface area (Å²) in [7, 11) is -3.80. The summed E-state index contributed by atoms with van der Waals surface area (Å²) in [5, 5.41) is 2.79. The van der Waals surface area contributed by atoms with Crippen LogP contribution in [-0.4, -0.2) is 38.0 Å². The second kappa shape index (κ2) is 8.00. The molecular formula is C20H21FN2O5S. The molecule has 0 aromatic heterocycles. The van der Waals surface area contributed by atoms with E-state index in [1.54, 1.807) is 18.2 Å². The first-order chi connectivity index (χ1) is 13.9. The van der Waals surface area contributed by atoms with Gasteiger partial charge in [0.2, 0.25) is 22.7 Å². The number of amides is 1. The van der Waals surface area contributed by atoms with Crippen molar-refractivity contribution in [1.29, 1.82) is 0 Å². The van der Waals surface area contributed by atoms with Crippen LogP contribution in [-0.2, 0) is 14.8 Å². The second-order valence-corrected chi connectivity index (χ2v) is 8.93. The first kappa shape index (κ1) is 19.7. The molecule has 0 spiro atoms. The Labute approximate surface area is 168 Å². The number of piperidine rings is 1. The molecule has 9 heteroatoms. The maximum atomic E-state index is 13.2. The summed E-state index contributed by atoms with van der Waals surface area (Å²) < 4.78 is 51.1. The number of carbonyl (C=O) groups excluding carboxylic acids is 1. The van der Waals surface area contributed by atoms with Gasteiger partial charge in [-0.15, -0.1) is 0 Å². The lowest BCUT2D eigenvalue weighted by Crippen LogP contribution is -2.45. The molecule has 29 heavy (non-hydrogen) atoms. The molecule has 1 amide bonds. The number of anilines is 1. The lowest BCUT2D eigenvalue weighted by molar-refractivity contribution is -0.117. The molecule has 2 heterocycles. The van der Waals surface area contributed by atoms with Crippen LogP contribution in [0.4, 0.5) is 10.1 Å². The number of halogens is 1. The van der Waals surface area contributed by atoms with E-state index in [2.05, 4.69) is 5.32 Å². The van der Waals surface area contributed by atoms with Crippen LogP contribution in [0.1, 0.15) is 25.7 Å². The van der Waals surface area contributed by atoms with Gasteiger partial charge in [-0.25, -0.2) is 12.8 Å². The molecule has 0 radical (unpaired) electrons. The summed E-state index contributed by atoms with van der Waals surface area (Å²) in [6, 6.07) is 9.40. The highest BCUT2D eigenvalue weighted by molar-refractivity contribution is 7.89. The van der Waals surface area contributed by atoms with Crippen LogP contribution in [0.25, 0.3) is 0 Å². The Morgan fingerprint density at radius 3 is 2.66 bits per heavy atom. The van der Waals surface area contributed by atoms with Gasteiger partial charge in [-0.3, -0.25) is 4.79 Å². The second-order valence-electron chi connectivity index (χ2n) is 7.04. The number of ether oxygens (including phenoxy) is 2. The van der Waals surface area contributed by atoms with E-state index >= 15 is 0 Å². The van der Waals surface area contributed by atoms with E-state index in [0.717, 1.165) is 25.0 Å². The van der Waals surface area contributed by atoms with Gasteiger partial charge in [-0.2, -0.15) is 4.31 Å². The highest BCUT2D eigenvalue weighted by atomic mass is 32.2. The smallest absolute Gasteiger partial charge is 0.243 e. The number of nitrogens with zero attached hydrogens (tertiary/aromatic N) is 1. The van der Waals surface area contributed by atoms with Crippen molar-refractivity contribution in [2.45, 2.75) is 36.6 Å². The van der Waals surface area contributed by atoms with Gasteiger partial charge in [0.05, 0.1) is 4.90 Å². The van der Waals surface area contributed by atoms with Crippen LogP contribution in [0.2, 0.25) is 0 Å². The van der Waals surface area contributed by atoms with Gasteiger partial charge >= 0.3 is 0 Å². The van der Waals surface area contributed by atoms with Crippen molar-refractivity contribution in [2.75, 3.05) is 18.7 Å². The Kier molecular flexibility index (Phi) is 5.42. The molecule has 0 aliphatic carbocycles. The van der Waals surface area contributed by atoms with Crippen LogP contribution in [0.3, 0.4) is 0 Å². The normalized spacial score (nSPS) is 19.1. The maximum absolute atomic E-state index is 13.2. The third-order valence-corrected chi connectivity index (χ3v) is 7.04. The van der Waals surface area contributed by atoms with E-state index in [0.29, 0.717) is 30.2 Å². The first-order valence-corrected chi connectivity index (χ1v) is 10.8. The van der Waals surface area contributed by atoms with Gasteiger partial charge in [0, 0.05) is 30.8 Å². The maximum Gasteiger partial charge on any atom is 0.243 e.